The van der Waals surface area contributed by atoms with Crippen LogP contribution in [0.2, 0.25) is 0 Å². The summed E-state index contributed by atoms with van der Waals surface area (Å²) in [5.74, 6) is -0.556. The SMILES string of the molecule is Cc1[nH]ncc1CNC(=O)c1cccn1CC(F)(F)F. The topological polar surface area (TPSA) is 62.7 Å². The number of alkyl halides is 3. The van der Waals surface area contributed by atoms with Crippen LogP contribution in [-0.2, 0) is 13.1 Å². The average molecular weight is 286 g/mol. The Hall–Kier alpha value is -2.25. The molecule has 0 unspecified atom stereocenters. The zero-order valence-corrected chi connectivity index (χ0v) is 10.7. The lowest BCUT2D eigenvalue weighted by Gasteiger charge is -2.11. The fourth-order valence-corrected chi connectivity index (χ4v) is 1.77. The van der Waals surface area contributed by atoms with Gasteiger partial charge in [-0.2, -0.15) is 18.3 Å². The Kier molecular flexibility index (Phi) is 3.82. The molecule has 0 spiro atoms. The monoisotopic (exact) mass is 286 g/mol. The average Bonchev–Trinajstić information content (AvgIpc) is 2.93. The van der Waals surface area contributed by atoms with E-state index in [4.69, 9.17) is 0 Å². The Morgan fingerprint density at radius 3 is 2.85 bits per heavy atom. The first-order chi connectivity index (χ1) is 9.37. The molecule has 1 amide bonds. The highest BCUT2D eigenvalue weighted by atomic mass is 19.4. The van der Waals surface area contributed by atoms with Crippen molar-refractivity contribution < 1.29 is 18.0 Å². The highest BCUT2D eigenvalue weighted by molar-refractivity contribution is 5.92. The second kappa shape index (κ2) is 5.40. The summed E-state index contributed by atoms with van der Waals surface area (Å²) < 4.78 is 38.0. The van der Waals surface area contributed by atoms with E-state index in [1.165, 1.54) is 18.3 Å². The first-order valence-corrected chi connectivity index (χ1v) is 5.86. The lowest BCUT2D eigenvalue weighted by molar-refractivity contribution is -0.140. The molecule has 108 valence electrons. The van der Waals surface area contributed by atoms with Crippen molar-refractivity contribution in [3.05, 3.63) is 41.5 Å². The van der Waals surface area contributed by atoms with E-state index in [-0.39, 0.29) is 12.2 Å². The van der Waals surface area contributed by atoms with Gasteiger partial charge in [-0.25, -0.2) is 0 Å². The first kappa shape index (κ1) is 14.2. The lowest BCUT2D eigenvalue weighted by atomic mass is 10.2. The molecule has 0 bridgehead atoms. The normalized spacial score (nSPS) is 11.6. The molecule has 5 nitrogen and oxygen atoms in total. The number of carbonyl (C=O) groups excluding carboxylic acids is 1. The first-order valence-electron chi connectivity index (χ1n) is 5.86. The van der Waals surface area contributed by atoms with Crippen molar-refractivity contribution in [1.29, 1.82) is 0 Å². The highest BCUT2D eigenvalue weighted by Gasteiger charge is 2.29. The van der Waals surface area contributed by atoms with Gasteiger partial charge in [0.1, 0.15) is 12.2 Å². The van der Waals surface area contributed by atoms with Crippen LogP contribution in [0.4, 0.5) is 13.2 Å². The van der Waals surface area contributed by atoms with Crippen molar-refractivity contribution in [2.24, 2.45) is 0 Å². The van der Waals surface area contributed by atoms with Crippen LogP contribution in [0.25, 0.3) is 0 Å². The van der Waals surface area contributed by atoms with E-state index < -0.39 is 18.6 Å². The number of hydrogen-bond acceptors (Lipinski definition) is 2. The summed E-state index contributed by atoms with van der Waals surface area (Å²) in [5.41, 5.74) is 1.56. The summed E-state index contributed by atoms with van der Waals surface area (Å²) in [4.78, 5) is 11.9. The van der Waals surface area contributed by atoms with Gasteiger partial charge in [-0.1, -0.05) is 0 Å². The Bertz CT molecular complexity index is 600. The van der Waals surface area contributed by atoms with E-state index in [2.05, 4.69) is 15.5 Å². The number of halogens is 3. The molecule has 0 aliphatic rings. The smallest absolute Gasteiger partial charge is 0.347 e. The summed E-state index contributed by atoms with van der Waals surface area (Å²) in [6.07, 6.45) is -1.58. The number of aromatic amines is 1. The summed E-state index contributed by atoms with van der Waals surface area (Å²) in [7, 11) is 0. The van der Waals surface area contributed by atoms with Gasteiger partial charge in [0.2, 0.25) is 0 Å². The van der Waals surface area contributed by atoms with Crippen LogP contribution in [0.3, 0.4) is 0 Å². The van der Waals surface area contributed by atoms with Crippen LogP contribution in [0.15, 0.2) is 24.5 Å². The zero-order chi connectivity index (χ0) is 14.8. The van der Waals surface area contributed by atoms with Crippen LogP contribution >= 0.6 is 0 Å². The number of rotatable bonds is 4. The maximum Gasteiger partial charge on any atom is 0.406 e. The standard InChI is InChI=1S/C12H13F3N4O/c1-8-9(6-17-18-8)5-16-11(20)10-3-2-4-19(10)7-12(13,14)15/h2-4,6H,5,7H2,1H3,(H,16,20)(H,17,18). The Morgan fingerprint density at radius 2 is 2.25 bits per heavy atom. The van der Waals surface area contributed by atoms with Crippen LogP contribution < -0.4 is 5.32 Å². The number of nitrogens with one attached hydrogen (secondary N) is 2. The minimum absolute atomic E-state index is 0.0246. The lowest BCUT2D eigenvalue weighted by Crippen LogP contribution is -2.28. The molecular weight excluding hydrogens is 273 g/mol. The number of carbonyl (C=O) groups is 1. The fraction of sp³-hybridized carbons (Fsp3) is 0.333. The second-order valence-electron chi connectivity index (χ2n) is 4.34. The van der Waals surface area contributed by atoms with Gasteiger partial charge in [-0.15, -0.1) is 0 Å². The van der Waals surface area contributed by atoms with Crippen molar-refractivity contribution in [1.82, 2.24) is 20.1 Å². The minimum Gasteiger partial charge on any atom is -0.347 e. The summed E-state index contributed by atoms with van der Waals surface area (Å²) >= 11 is 0. The molecule has 2 rings (SSSR count). The molecule has 0 atom stereocenters. The fourth-order valence-electron chi connectivity index (χ4n) is 1.77. The van der Waals surface area contributed by atoms with Gasteiger partial charge < -0.3 is 9.88 Å². The minimum atomic E-state index is -4.37. The second-order valence-corrected chi connectivity index (χ2v) is 4.34. The number of hydrogen-bond donors (Lipinski definition) is 2. The molecular formula is C12H13F3N4O. The number of H-pyrrole nitrogens is 1. The predicted octanol–water partition coefficient (Wildman–Crippen LogP) is 2.01. The van der Waals surface area contributed by atoms with Crippen LogP contribution in [0.1, 0.15) is 21.7 Å². The molecule has 0 aliphatic heterocycles. The van der Waals surface area contributed by atoms with Gasteiger partial charge in [-0.3, -0.25) is 9.89 Å². The van der Waals surface area contributed by atoms with Gasteiger partial charge in [0, 0.05) is 24.0 Å². The van der Waals surface area contributed by atoms with Gasteiger partial charge >= 0.3 is 6.18 Å². The number of aryl methyl sites for hydroxylation is 1. The van der Waals surface area contributed by atoms with Crippen LogP contribution in [-0.4, -0.2) is 26.8 Å². The Labute approximate surface area is 112 Å². The van der Waals surface area contributed by atoms with Crippen LogP contribution in [0.5, 0.6) is 0 Å². The highest BCUT2D eigenvalue weighted by Crippen LogP contribution is 2.19. The van der Waals surface area contributed by atoms with Gasteiger partial charge in [0.25, 0.3) is 5.91 Å². The summed E-state index contributed by atoms with van der Waals surface area (Å²) in [6.45, 7) is 0.812. The van der Waals surface area contributed by atoms with Gasteiger partial charge in [0.05, 0.1) is 6.20 Å². The molecule has 0 radical (unpaired) electrons. The molecule has 0 aliphatic carbocycles. The van der Waals surface area contributed by atoms with Crippen molar-refractivity contribution >= 4 is 5.91 Å². The van der Waals surface area contributed by atoms with Crippen molar-refractivity contribution in [3.63, 3.8) is 0 Å². The maximum atomic E-state index is 12.4. The quantitative estimate of drug-likeness (QED) is 0.903. The van der Waals surface area contributed by atoms with E-state index in [0.717, 1.165) is 15.8 Å². The molecule has 0 saturated heterocycles. The third kappa shape index (κ3) is 3.40. The molecule has 2 aromatic heterocycles. The number of amides is 1. The van der Waals surface area contributed by atoms with E-state index >= 15 is 0 Å². The molecule has 2 heterocycles. The third-order valence-electron chi connectivity index (χ3n) is 2.79. The third-order valence-corrected chi connectivity index (χ3v) is 2.79. The Balaban J connectivity index is 2.03. The van der Waals surface area contributed by atoms with Gasteiger partial charge in [0.15, 0.2) is 0 Å². The van der Waals surface area contributed by atoms with Crippen molar-refractivity contribution in [2.45, 2.75) is 26.2 Å². The van der Waals surface area contributed by atoms with E-state index in [9.17, 15) is 18.0 Å². The molecule has 0 saturated carbocycles. The van der Waals surface area contributed by atoms with E-state index in [0.29, 0.717) is 0 Å². The zero-order valence-electron chi connectivity index (χ0n) is 10.7. The predicted molar refractivity (Wildman–Crippen MR) is 65.0 cm³/mol. The molecule has 0 fully saturated rings. The van der Waals surface area contributed by atoms with Crippen molar-refractivity contribution in [3.8, 4) is 0 Å². The van der Waals surface area contributed by atoms with E-state index in [1.54, 1.807) is 13.1 Å². The summed E-state index contributed by atoms with van der Waals surface area (Å²) in [6, 6.07) is 2.76. The molecule has 20 heavy (non-hydrogen) atoms. The molecule has 2 aromatic rings. The van der Waals surface area contributed by atoms with Crippen LogP contribution in [0, 0.1) is 6.92 Å². The molecule has 2 N–H and O–H groups in total. The largest absolute Gasteiger partial charge is 0.406 e. The van der Waals surface area contributed by atoms with Gasteiger partial charge in [-0.05, 0) is 19.1 Å². The number of nitrogens with zero attached hydrogens (tertiary/aromatic N) is 2. The maximum absolute atomic E-state index is 12.4. The number of aromatic nitrogens is 3. The Morgan fingerprint density at radius 1 is 1.50 bits per heavy atom. The van der Waals surface area contributed by atoms with E-state index in [1.807, 2.05) is 0 Å². The van der Waals surface area contributed by atoms with Crippen molar-refractivity contribution in [2.75, 3.05) is 0 Å². The molecule has 8 heteroatoms. The molecule has 0 aromatic carbocycles. The summed E-state index contributed by atoms with van der Waals surface area (Å²) in [5, 5.41) is 9.08.